The zero-order valence-corrected chi connectivity index (χ0v) is 11.5. The molecule has 1 unspecified atom stereocenters. The lowest BCUT2D eigenvalue weighted by atomic mass is 10.1. The SMILES string of the molecule is NC(c1ccc(Cl)c(Cl)c1)c1cnc(C(F)(F)F)s1. The summed E-state index contributed by atoms with van der Waals surface area (Å²) in [5.41, 5.74) is 6.47. The Morgan fingerprint density at radius 1 is 1.21 bits per heavy atom. The summed E-state index contributed by atoms with van der Waals surface area (Å²) in [6.07, 6.45) is -3.33. The Hall–Kier alpha value is -0.820. The molecular weight excluding hydrogens is 320 g/mol. The molecule has 0 aliphatic heterocycles. The van der Waals surface area contributed by atoms with Crippen molar-refractivity contribution in [2.75, 3.05) is 0 Å². The predicted molar refractivity (Wildman–Crippen MR) is 69.6 cm³/mol. The first kappa shape index (κ1) is 14.6. The number of aromatic nitrogens is 1. The second-order valence-corrected chi connectivity index (χ2v) is 5.59. The summed E-state index contributed by atoms with van der Waals surface area (Å²) >= 11 is 12.1. The van der Waals surface area contributed by atoms with Crippen LogP contribution in [-0.4, -0.2) is 4.98 Å². The lowest BCUT2D eigenvalue weighted by molar-refractivity contribution is -0.137. The molecule has 8 heteroatoms. The molecule has 0 spiro atoms. The Bertz CT molecular complexity index is 598. The standard InChI is InChI=1S/C11H7Cl2F3N2S/c12-6-2-1-5(3-7(6)13)9(17)8-4-18-10(19-8)11(14,15)16/h1-4,9H,17H2. The van der Waals surface area contributed by atoms with Crippen molar-refractivity contribution in [3.8, 4) is 0 Å². The molecule has 0 aliphatic rings. The summed E-state index contributed by atoms with van der Waals surface area (Å²) in [6.45, 7) is 0. The Labute approximate surface area is 121 Å². The summed E-state index contributed by atoms with van der Waals surface area (Å²) in [5, 5.41) is -0.258. The van der Waals surface area contributed by atoms with E-state index in [1.807, 2.05) is 0 Å². The third kappa shape index (κ3) is 3.20. The number of thiazole rings is 1. The van der Waals surface area contributed by atoms with E-state index in [1.54, 1.807) is 12.1 Å². The van der Waals surface area contributed by atoms with E-state index < -0.39 is 17.2 Å². The molecule has 1 heterocycles. The summed E-state index contributed by atoms with van der Waals surface area (Å²) in [5.74, 6) is 0. The Morgan fingerprint density at radius 3 is 2.42 bits per heavy atom. The third-order valence-corrected chi connectivity index (χ3v) is 4.24. The van der Waals surface area contributed by atoms with Gasteiger partial charge in [-0.2, -0.15) is 13.2 Å². The van der Waals surface area contributed by atoms with Gasteiger partial charge < -0.3 is 5.73 Å². The molecule has 19 heavy (non-hydrogen) atoms. The fourth-order valence-electron chi connectivity index (χ4n) is 1.43. The first-order valence-electron chi connectivity index (χ1n) is 5.02. The van der Waals surface area contributed by atoms with E-state index in [9.17, 15) is 13.2 Å². The molecule has 1 atom stereocenters. The Morgan fingerprint density at radius 2 is 1.89 bits per heavy atom. The quantitative estimate of drug-likeness (QED) is 0.881. The molecule has 2 N–H and O–H groups in total. The van der Waals surface area contributed by atoms with Crippen molar-refractivity contribution in [3.05, 3.63) is 49.9 Å². The minimum Gasteiger partial charge on any atom is -0.320 e. The van der Waals surface area contributed by atoms with Crippen LogP contribution in [0.3, 0.4) is 0 Å². The molecular formula is C11H7Cl2F3N2S. The van der Waals surface area contributed by atoms with Gasteiger partial charge in [0.15, 0.2) is 5.01 Å². The first-order chi connectivity index (χ1) is 8.79. The maximum atomic E-state index is 12.5. The van der Waals surface area contributed by atoms with E-state index in [-0.39, 0.29) is 0 Å². The van der Waals surface area contributed by atoms with Crippen LogP contribution in [0.25, 0.3) is 0 Å². The number of nitrogens with zero attached hydrogens (tertiary/aromatic N) is 1. The fourth-order valence-corrected chi connectivity index (χ4v) is 2.55. The summed E-state index contributed by atoms with van der Waals surface area (Å²) in [6, 6.07) is 3.97. The smallest absolute Gasteiger partial charge is 0.320 e. The van der Waals surface area contributed by atoms with Crippen molar-refractivity contribution < 1.29 is 13.2 Å². The van der Waals surface area contributed by atoms with Crippen LogP contribution in [0.2, 0.25) is 10.0 Å². The van der Waals surface area contributed by atoms with Crippen molar-refractivity contribution in [1.82, 2.24) is 4.98 Å². The normalized spacial score (nSPS) is 13.6. The maximum Gasteiger partial charge on any atom is 0.443 e. The maximum absolute atomic E-state index is 12.5. The molecule has 1 aromatic carbocycles. The van der Waals surface area contributed by atoms with Crippen molar-refractivity contribution in [2.24, 2.45) is 5.73 Å². The van der Waals surface area contributed by atoms with Gasteiger partial charge in [0.2, 0.25) is 0 Å². The van der Waals surface area contributed by atoms with Gasteiger partial charge in [0, 0.05) is 11.1 Å². The van der Waals surface area contributed by atoms with Gasteiger partial charge in [0.1, 0.15) is 0 Å². The van der Waals surface area contributed by atoms with Crippen LogP contribution < -0.4 is 5.73 Å². The zero-order chi connectivity index (χ0) is 14.2. The van der Waals surface area contributed by atoms with Crippen LogP contribution in [0, 0.1) is 0 Å². The van der Waals surface area contributed by atoms with Crippen LogP contribution in [0.1, 0.15) is 21.5 Å². The Balaban J connectivity index is 2.31. The highest BCUT2D eigenvalue weighted by Crippen LogP contribution is 2.36. The van der Waals surface area contributed by atoms with Crippen LogP contribution in [0.5, 0.6) is 0 Å². The predicted octanol–water partition coefficient (Wildman–Crippen LogP) is 4.52. The van der Waals surface area contributed by atoms with Gasteiger partial charge >= 0.3 is 6.18 Å². The number of hydrogen-bond acceptors (Lipinski definition) is 3. The van der Waals surface area contributed by atoms with Gasteiger partial charge in [0.05, 0.1) is 16.1 Å². The van der Waals surface area contributed by atoms with Gasteiger partial charge in [0.25, 0.3) is 0 Å². The van der Waals surface area contributed by atoms with E-state index in [1.165, 1.54) is 6.07 Å². The monoisotopic (exact) mass is 326 g/mol. The highest BCUT2D eigenvalue weighted by atomic mass is 35.5. The Kier molecular flexibility index (Phi) is 4.06. The summed E-state index contributed by atoms with van der Waals surface area (Å²) in [7, 11) is 0. The average Bonchev–Trinajstić information content (AvgIpc) is 2.81. The van der Waals surface area contributed by atoms with Gasteiger partial charge in [-0.15, -0.1) is 11.3 Å². The summed E-state index contributed by atoms with van der Waals surface area (Å²) in [4.78, 5) is 3.64. The molecule has 0 fully saturated rings. The minimum atomic E-state index is -4.46. The number of hydrogen-bond donors (Lipinski definition) is 1. The van der Waals surface area contributed by atoms with Gasteiger partial charge in [-0.1, -0.05) is 29.3 Å². The molecule has 0 bridgehead atoms. The average molecular weight is 327 g/mol. The van der Waals surface area contributed by atoms with Crippen LogP contribution in [0.15, 0.2) is 24.4 Å². The van der Waals surface area contributed by atoms with Crippen molar-refractivity contribution in [1.29, 1.82) is 0 Å². The van der Waals surface area contributed by atoms with E-state index in [2.05, 4.69) is 4.98 Å². The molecule has 102 valence electrons. The molecule has 0 saturated heterocycles. The molecule has 0 radical (unpaired) electrons. The van der Waals surface area contributed by atoms with Crippen LogP contribution in [0.4, 0.5) is 13.2 Å². The number of nitrogens with two attached hydrogens (primary N) is 1. The number of rotatable bonds is 2. The molecule has 0 aliphatic carbocycles. The second-order valence-electron chi connectivity index (χ2n) is 3.72. The van der Waals surface area contributed by atoms with Crippen LogP contribution in [-0.2, 0) is 6.18 Å². The molecule has 2 rings (SSSR count). The van der Waals surface area contributed by atoms with Crippen molar-refractivity contribution >= 4 is 34.5 Å². The van der Waals surface area contributed by atoms with Crippen molar-refractivity contribution in [2.45, 2.75) is 12.2 Å². The molecule has 0 saturated carbocycles. The number of halogens is 5. The fraction of sp³-hybridized carbons (Fsp3) is 0.182. The molecule has 2 nitrogen and oxygen atoms in total. The topological polar surface area (TPSA) is 38.9 Å². The first-order valence-corrected chi connectivity index (χ1v) is 6.59. The minimum absolute atomic E-state index is 0.301. The van der Waals surface area contributed by atoms with Crippen molar-refractivity contribution in [3.63, 3.8) is 0 Å². The number of benzene rings is 1. The van der Waals surface area contributed by atoms with Gasteiger partial charge in [-0.25, -0.2) is 4.98 Å². The van der Waals surface area contributed by atoms with E-state index in [4.69, 9.17) is 28.9 Å². The van der Waals surface area contributed by atoms with E-state index >= 15 is 0 Å². The lowest BCUT2D eigenvalue weighted by Gasteiger charge is -2.10. The molecule has 1 aromatic heterocycles. The second kappa shape index (κ2) is 5.28. The molecule has 2 aromatic rings. The van der Waals surface area contributed by atoms with Crippen LogP contribution >= 0.6 is 34.5 Å². The van der Waals surface area contributed by atoms with Gasteiger partial charge in [-0.05, 0) is 17.7 Å². The van der Waals surface area contributed by atoms with E-state index in [0.717, 1.165) is 6.20 Å². The summed E-state index contributed by atoms with van der Waals surface area (Å²) < 4.78 is 37.4. The zero-order valence-electron chi connectivity index (χ0n) is 9.21. The lowest BCUT2D eigenvalue weighted by Crippen LogP contribution is -2.10. The largest absolute Gasteiger partial charge is 0.443 e. The highest BCUT2D eigenvalue weighted by Gasteiger charge is 2.35. The highest BCUT2D eigenvalue weighted by molar-refractivity contribution is 7.11. The molecule has 0 amide bonds. The third-order valence-electron chi connectivity index (χ3n) is 2.38. The number of alkyl halides is 3. The van der Waals surface area contributed by atoms with Gasteiger partial charge in [-0.3, -0.25) is 0 Å². The van der Waals surface area contributed by atoms with E-state index in [0.29, 0.717) is 31.8 Å².